The predicted molar refractivity (Wildman–Crippen MR) is 74.8 cm³/mol. The van der Waals surface area contributed by atoms with Gasteiger partial charge in [-0.25, -0.2) is 0 Å². The van der Waals surface area contributed by atoms with Crippen LogP contribution in [0.1, 0.15) is 67.2 Å². The smallest absolute Gasteiger partial charge is 0.00922 e. The third-order valence-electron chi connectivity index (χ3n) is 3.42. The van der Waals surface area contributed by atoms with Crippen molar-refractivity contribution < 1.29 is 0 Å². The molecule has 0 saturated heterocycles. The van der Waals surface area contributed by atoms with Crippen LogP contribution in [-0.2, 0) is 0 Å². The quantitative estimate of drug-likeness (QED) is 0.676. The first-order valence-electron chi connectivity index (χ1n) is 6.97. The molecule has 0 aromatic carbocycles. The summed E-state index contributed by atoms with van der Waals surface area (Å²) in [6.07, 6.45) is 5.28. The van der Waals surface area contributed by atoms with Crippen LogP contribution >= 0.6 is 0 Å². The first kappa shape index (κ1) is 16.0. The summed E-state index contributed by atoms with van der Waals surface area (Å²) in [5.74, 6) is 1.62. The topological polar surface area (TPSA) is 12.0 Å². The molecule has 16 heavy (non-hydrogen) atoms. The Morgan fingerprint density at radius 2 is 1.69 bits per heavy atom. The van der Waals surface area contributed by atoms with Crippen molar-refractivity contribution in [2.45, 2.75) is 73.3 Å². The van der Waals surface area contributed by atoms with Crippen LogP contribution in [0.3, 0.4) is 0 Å². The van der Waals surface area contributed by atoms with E-state index in [1.807, 2.05) is 0 Å². The SMILES string of the molecule is CCCC(C)C(CC(C)CC(C)(C)C)NC. The maximum atomic E-state index is 3.50. The molecule has 0 heterocycles. The molecular weight excluding hydrogens is 194 g/mol. The van der Waals surface area contributed by atoms with Gasteiger partial charge >= 0.3 is 0 Å². The number of hydrogen-bond acceptors (Lipinski definition) is 1. The van der Waals surface area contributed by atoms with Crippen LogP contribution in [0.2, 0.25) is 0 Å². The van der Waals surface area contributed by atoms with Crippen LogP contribution in [0, 0.1) is 17.3 Å². The molecule has 1 heteroatoms. The average molecular weight is 227 g/mol. The summed E-state index contributed by atoms with van der Waals surface area (Å²) in [6, 6.07) is 0.692. The molecule has 1 N–H and O–H groups in total. The first-order chi connectivity index (χ1) is 7.30. The highest BCUT2D eigenvalue weighted by Crippen LogP contribution is 2.28. The predicted octanol–water partition coefficient (Wildman–Crippen LogP) is 4.47. The van der Waals surface area contributed by atoms with E-state index in [1.54, 1.807) is 0 Å². The maximum Gasteiger partial charge on any atom is 0.00922 e. The molecule has 1 nitrogen and oxygen atoms in total. The monoisotopic (exact) mass is 227 g/mol. The zero-order valence-electron chi connectivity index (χ0n) is 12.6. The van der Waals surface area contributed by atoms with Crippen molar-refractivity contribution in [3.63, 3.8) is 0 Å². The van der Waals surface area contributed by atoms with E-state index in [2.05, 4.69) is 53.9 Å². The molecule has 0 rings (SSSR count). The van der Waals surface area contributed by atoms with Gasteiger partial charge in [0.25, 0.3) is 0 Å². The van der Waals surface area contributed by atoms with Crippen molar-refractivity contribution >= 4 is 0 Å². The van der Waals surface area contributed by atoms with E-state index in [0.29, 0.717) is 11.5 Å². The first-order valence-corrected chi connectivity index (χ1v) is 6.97. The van der Waals surface area contributed by atoms with Gasteiger partial charge in [-0.1, -0.05) is 48.0 Å². The Balaban J connectivity index is 4.11. The third kappa shape index (κ3) is 7.27. The largest absolute Gasteiger partial charge is 0.317 e. The molecule has 0 aliphatic heterocycles. The summed E-state index contributed by atoms with van der Waals surface area (Å²) in [6.45, 7) is 14.1. The number of rotatable bonds is 7. The van der Waals surface area contributed by atoms with Crippen LogP contribution in [0.4, 0.5) is 0 Å². The van der Waals surface area contributed by atoms with E-state index in [1.165, 1.54) is 25.7 Å². The van der Waals surface area contributed by atoms with E-state index >= 15 is 0 Å². The zero-order valence-corrected chi connectivity index (χ0v) is 12.6. The fraction of sp³-hybridized carbons (Fsp3) is 1.00. The van der Waals surface area contributed by atoms with Gasteiger partial charge in [0.1, 0.15) is 0 Å². The van der Waals surface area contributed by atoms with Crippen LogP contribution in [0.25, 0.3) is 0 Å². The molecule has 0 radical (unpaired) electrons. The Morgan fingerprint density at radius 3 is 2.06 bits per heavy atom. The molecule has 0 aliphatic rings. The van der Waals surface area contributed by atoms with Gasteiger partial charge in [-0.15, -0.1) is 0 Å². The van der Waals surface area contributed by atoms with Gasteiger partial charge in [0.15, 0.2) is 0 Å². The second kappa shape index (κ2) is 7.32. The van der Waals surface area contributed by atoms with Crippen LogP contribution in [0.15, 0.2) is 0 Å². The summed E-state index contributed by atoms with van der Waals surface area (Å²) < 4.78 is 0. The van der Waals surface area contributed by atoms with Crippen molar-refractivity contribution in [3.8, 4) is 0 Å². The Morgan fingerprint density at radius 1 is 1.12 bits per heavy atom. The van der Waals surface area contributed by atoms with Crippen molar-refractivity contribution in [2.24, 2.45) is 17.3 Å². The van der Waals surface area contributed by atoms with Crippen molar-refractivity contribution in [1.82, 2.24) is 5.32 Å². The normalized spacial score (nSPS) is 18.2. The highest BCUT2D eigenvalue weighted by molar-refractivity contribution is 4.76. The highest BCUT2D eigenvalue weighted by atomic mass is 14.9. The van der Waals surface area contributed by atoms with Crippen molar-refractivity contribution in [3.05, 3.63) is 0 Å². The lowest BCUT2D eigenvalue weighted by atomic mass is 9.80. The van der Waals surface area contributed by atoms with Gasteiger partial charge in [-0.3, -0.25) is 0 Å². The second-order valence-electron chi connectivity index (χ2n) is 6.77. The average Bonchev–Trinajstić information content (AvgIpc) is 2.11. The van der Waals surface area contributed by atoms with Crippen LogP contribution in [0.5, 0.6) is 0 Å². The fourth-order valence-electron chi connectivity index (χ4n) is 2.85. The van der Waals surface area contributed by atoms with E-state index in [4.69, 9.17) is 0 Å². The molecule has 98 valence electrons. The standard InChI is InChI=1S/C15H33N/c1-8-9-13(3)14(16-7)10-12(2)11-15(4,5)6/h12-14,16H,8-11H2,1-7H3. The summed E-state index contributed by atoms with van der Waals surface area (Å²) in [4.78, 5) is 0. The molecule has 0 saturated carbocycles. The fourth-order valence-corrected chi connectivity index (χ4v) is 2.85. The maximum absolute atomic E-state index is 3.50. The molecule has 0 fully saturated rings. The van der Waals surface area contributed by atoms with Gasteiger partial charge in [0.05, 0.1) is 0 Å². The molecule has 3 atom stereocenters. The molecule has 0 amide bonds. The third-order valence-corrected chi connectivity index (χ3v) is 3.42. The van der Waals surface area contributed by atoms with Gasteiger partial charge in [-0.05, 0) is 43.6 Å². The minimum Gasteiger partial charge on any atom is -0.317 e. The second-order valence-corrected chi connectivity index (χ2v) is 6.77. The minimum absolute atomic E-state index is 0.464. The highest BCUT2D eigenvalue weighted by Gasteiger charge is 2.21. The van der Waals surface area contributed by atoms with Crippen LogP contribution in [-0.4, -0.2) is 13.1 Å². The van der Waals surface area contributed by atoms with Crippen LogP contribution < -0.4 is 5.32 Å². The molecular formula is C15H33N. The lowest BCUT2D eigenvalue weighted by Gasteiger charge is -2.29. The summed E-state index contributed by atoms with van der Waals surface area (Å²) in [5, 5.41) is 3.50. The van der Waals surface area contributed by atoms with E-state index in [0.717, 1.165) is 11.8 Å². The summed E-state index contributed by atoms with van der Waals surface area (Å²) in [5.41, 5.74) is 0.464. The zero-order chi connectivity index (χ0) is 12.8. The summed E-state index contributed by atoms with van der Waals surface area (Å²) >= 11 is 0. The Hall–Kier alpha value is -0.0400. The molecule has 0 aromatic heterocycles. The number of nitrogens with one attached hydrogen (secondary N) is 1. The summed E-state index contributed by atoms with van der Waals surface area (Å²) in [7, 11) is 2.11. The lowest BCUT2D eigenvalue weighted by Crippen LogP contribution is -2.34. The Kier molecular flexibility index (Phi) is 7.30. The minimum atomic E-state index is 0.464. The van der Waals surface area contributed by atoms with E-state index in [9.17, 15) is 0 Å². The van der Waals surface area contributed by atoms with Gasteiger partial charge in [-0.2, -0.15) is 0 Å². The molecule has 0 aliphatic carbocycles. The molecule has 0 bridgehead atoms. The molecule has 3 unspecified atom stereocenters. The van der Waals surface area contributed by atoms with Gasteiger partial charge in [0.2, 0.25) is 0 Å². The Labute approximate surface area is 103 Å². The lowest BCUT2D eigenvalue weighted by molar-refractivity contribution is 0.249. The number of hydrogen-bond donors (Lipinski definition) is 1. The van der Waals surface area contributed by atoms with Crippen molar-refractivity contribution in [2.75, 3.05) is 7.05 Å². The van der Waals surface area contributed by atoms with Gasteiger partial charge in [0, 0.05) is 6.04 Å². The molecule has 0 aromatic rings. The van der Waals surface area contributed by atoms with Crippen molar-refractivity contribution in [1.29, 1.82) is 0 Å². The van der Waals surface area contributed by atoms with Gasteiger partial charge < -0.3 is 5.32 Å². The van der Waals surface area contributed by atoms with E-state index < -0.39 is 0 Å². The Bertz CT molecular complexity index is 169. The molecule has 0 spiro atoms. The van der Waals surface area contributed by atoms with E-state index in [-0.39, 0.29) is 0 Å².